The number of rotatable bonds is 6. The standard InChI is InChI=1S/C22H16ClFN6O3/c1-33-20-11-19(30-12-25-28-29-30)18(23)10-17(20)22(32)27-15-6-2-4-13(8-15)21(31)26-16-7-3-5-14(24)9-16/h2-12H,1H3,(H,26,31)(H,27,32). The van der Waals surface area contributed by atoms with Gasteiger partial charge in [0.2, 0.25) is 0 Å². The van der Waals surface area contributed by atoms with E-state index in [9.17, 15) is 14.0 Å². The highest BCUT2D eigenvalue weighted by atomic mass is 35.5. The van der Waals surface area contributed by atoms with E-state index in [0.717, 1.165) is 0 Å². The molecular weight excluding hydrogens is 451 g/mol. The molecule has 4 aromatic rings. The molecule has 0 aliphatic heterocycles. The Morgan fingerprint density at radius 2 is 1.73 bits per heavy atom. The summed E-state index contributed by atoms with van der Waals surface area (Å²) < 4.78 is 20.0. The van der Waals surface area contributed by atoms with Crippen LogP contribution in [0.2, 0.25) is 5.02 Å². The van der Waals surface area contributed by atoms with Crippen molar-refractivity contribution < 1.29 is 18.7 Å². The number of benzene rings is 3. The molecule has 4 rings (SSSR count). The van der Waals surface area contributed by atoms with Crippen LogP contribution in [0, 0.1) is 5.82 Å². The number of ether oxygens (including phenoxy) is 1. The van der Waals surface area contributed by atoms with Gasteiger partial charge in [-0.05, 0) is 52.9 Å². The van der Waals surface area contributed by atoms with Crippen molar-refractivity contribution in [3.63, 3.8) is 0 Å². The first-order chi connectivity index (χ1) is 15.9. The third-order valence-electron chi connectivity index (χ3n) is 4.57. The lowest BCUT2D eigenvalue weighted by atomic mass is 10.1. The highest BCUT2D eigenvalue weighted by molar-refractivity contribution is 6.33. The molecule has 1 heterocycles. The molecule has 0 saturated heterocycles. The van der Waals surface area contributed by atoms with Gasteiger partial charge in [0, 0.05) is 23.0 Å². The molecule has 0 unspecified atom stereocenters. The van der Waals surface area contributed by atoms with Crippen molar-refractivity contribution in [1.82, 2.24) is 20.2 Å². The highest BCUT2D eigenvalue weighted by Crippen LogP contribution is 2.30. The molecule has 3 aromatic carbocycles. The van der Waals surface area contributed by atoms with Gasteiger partial charge in [0.05, 0.1) is 23.4 Å². The van der Waals surface area contributed by atoms with E-state index in [1.807, 2.05) is 0 Å². The highest BCUT2D eigenvalue weighted by Gasteiger charge is 2.18. The fraction of sp³-hybridized carbons (Fsp3) is 0.0455. The van der Waals surface area contributed by atoms with Crippen molar-refractivity contribution in [3.8, 4) is 11.4 Å². The molecule has 0 bridgehead atoms. The van der Waals surface area contributed by atoms with Crippen molar-refractivity contribution in [1.29, 1.82) is 0 Å². The maximum Gasteiger partial charge on any atom is 0.259 e. The largest absolute Gasteiger partial charge is 0.496 e. The summed E-state index contributed by atoms with van der Waals surface area (Å²) in [5, 5.41) is 16.5. The first kappa shape index (κ1) is 21.9. The summed E-state index contributed by atoms with van der Waals surface area (Å²) in [5.41, 5.74) is 1.57. The summed E-state index contributed by atoms with van der Waals surface area (Å²) >= 11 is 6.32. The number of aromatic nitrogens is 4. The Balaban J connectivity index is 1.54. The number of halogens is 2. The molecule has 9 nitrogen and oxygen atoms in total. The Bertz CT molecular complexity index is 1330. The number of anilines is 2. The Kier molecular flexibility index (Phi) is 6.27. The summed E-state index contributed by atoms with van der Waals surface area (Å²) in [6.45, 7) is 0. The Labute approximate surface area is 192 Å². The fourth-order valence-corrected chi connectivity index (χ4v) is 3.29. The molecule has 2 amide bonds. The SMILES string of the molecule is COc1cc(-n2cnnn2)c(Cl)cc1C(=O)Nc1cccc(C(=O)Nc2cccc(F)c2)c1. The first-order valence-electron chi connectivity index (χ1n) is 9.54. The van der Waals surface area contributed by atoms with E-state index in [1.54, 1.807) is 24.3 Å². The van der Waals surface area contributed by atoms with Gasteiger partial charge < -0.3 is 15.4 Å². The van der Waals surface area contributed by atoms with Crippen LogP contribution < -0.4 is 15.4 Å². The van der Waals surface area contributed by atoms with Crippen LogP contribution in [0.15, 0.2) is 67.0 Å². The molecule has 11 heteroatoms. The molecule has 0 aliphatic carbocycles. The van der Waals surface area contributed by atoms with Gasteiger partial charge in [-0.3, -0.25) is 9.59 Å². The van der Waals surface area contributed by atoms with E-state index in [1.165, 1.54) is 54.5 Å². The number of methoxy groups -OCH3 is 1. The molecule has 0 aliphatic rings. The predicted molar refractivity (Wildman–Crippen MR) is 119 cm³/mol. The lowest BCUT2D eigenvalue weighted by Crippen LogP contribution is -2.16. The minimum absolute atomic E-state index is 0.175. The molecule has 2 N–H and O–H groups in total. The van der Waals surface area contributed by atoms with Crippen molar-refractivity contribution in [3.05, 3.63) is 89.0 Å². The Morgan fingerprint density at radius 3 is 2.42 bits per heavy atom. The molecule has 1 aromatic heterocycles. The lowest BCUT2D eigenvalue weighted by molar-refractivity contribution is 0.101. The van der Waals surface area contributed by atoms with Crippen LogP contribution in [0.25, 0.3) is 5.69 Å². The number of amides is 2. The van der Waals surface area contributed by atoms with Gasteiger partial charge >= 0.3 is 0 Å². The number of hydrogen-bond donors (Lipinski definition) is 2. The smallest absolute Gasteiger partial charge is 0.259 e. The van der Waals surface area contributed by atoms with Crippen molar-refractivity contribution in [2.24, 2.45) is 0 Å². The summed E-state index contributed by atoms with van der Waals surface area (Å²) in [5.74, 6) is -1.17. The number of carbonyl (C=O) groups is 2. The average Bonchev–Trinajstić information content (AvgIpc) is 3.34. The summed E-state index contributed by atoms with van der Waals surface area (Å²) in [7, 11) is 1.42. The fourth-order valence-electron chi connectivity index (χ4n) is 3.04. The van der Waals surface area contributed by atoms with E-state index in [2.05, 4.69) is 26.2 Å². The Hall–Kier alpha value is -4.31. The summed E-state index contributed by atoms with van der Waals surface area (Å²) in [4.78, 5) is 25.4. The van der Waals surface area contributed by atoms with Crippen LogP contribution in [0.4, 0.5) is 15.8 Å². The second-order valence-corrected chi connectivity index (χ2v) is 7.16. The number of hydrogen-bond acceptors (Lipinski definition) is 6. The van der Waals surface area contributed by atoms with Crippen LogP contribution in [-0.4, -0.2) is 39.1 Å². The van der Waals surface area contributed by atoms with Gasteiger partial charge in [-0.25, -0.2) is 4.39 Å². The summed E-state index contributed by atoms with van der Waals surface area (Å²) in [6, 6.07) is 14.8. The number of tetrazole rings is 1. The zero-order chi connectivity index (χ0) is 23.4. The van der Waals surface area contributed by atoms with E-state index >= 15 is 0 Å². The maximum atomic E-state index is 13.4. The van der Waals surface area contributed by atoms with Crippen LogP contribution in [0.5, 0.6) is 5.75 Å². The van der Waals surface area contributed by atoms with E-state index in [0.29, 0.717) is 17.1 Å². The quantitative estimate of drug-likeness (QED) is 0.445. The molecule has 33 heavy (non-hydrogen) atoms. The zero-order valence-corrected chi connectivity index (χ0v) is 17.9. The number of nitrogens with one attached hydrogen (secondary N) is 2. The molecule has 0 fully saturated rings. The monoisotopic (exact) mass is 466 g/mol. The van der Waals surface area contributed by atoms with Gasteiger partial charge in [-0.2, -0.15) is 4.68 Å². The zero-order valence-electron chi connectivity index (χ0n) is 17.1. The molecule has 0 spiro atoms. The molecule has 0 radical (unpaired) electrons. The van der Waals surface area contributed by atoms with Gasteiger partial charge in [0.1, 0.15) is 17.9 Å². The number of nitrogens with zero attached hydrogens (tertiary/aromatic N) is 4. The van der Waals surface area contributed by atoms with Gasteiger partial charge in [-0.1, -0.05) is 23.7 Å². The van der Waals surface area contributed by atoms with Gasteiger partial charge in [0.25, 0.3) is 11.8 Å². The number of carbonyl (C=O) groups excluding carboxylic acids is 2. The van der Waals surface area contributed by atoms with Crippen LogP contribution in [0.1, 0.15) is 20.7 Å². The van der Waals surface area contributed by atoms with E-state index < -0.39 is 17.6 Å². The van der Waals surface area contributed by atoms with E-state index in [-0.39, 0.29) is 21.9 Å². The third kappa shape index (κ3) is 4.96. The third-order valence-corrected chi connectivity index (χ3v) is 4.88. The lowest BCUT2D eigenvalue weighted by Gasteiger charge is -2.13. The molecule has 166 valence electrons. The minimum atomic E-state index is -0.500. The average molecular weight is 467 g/mol. The molecule has 0 atom stereocenters. The molecule has 0 saturated carbocycles. The van der Waals surface area contributed by atoms with Crippen molar-refractivity contribution in [2.75, 3.05) is 17.7 Å². The maximum absolute atomic E-state index is 13.4. The van der Waals surface area contributed by atoms with Gasteiger partial charge in [0.15, 0.2) is 0 Å². The van der Waals surface area contributed by atoms with E-state index in [4.69, 9.17) is 16.3 Å². The van der Waals surface area contributed by atoms with Crippen LogP contribution in [-0.2, 0) is 0 Å². The second-order valence-electron chi connectivity index (χ2n) is 6.76. The van der Waals surface area contributed by atoms with Gasteiger partial charge in [-0.15, -0.1) is 5.10 Å². The van der Waals surface area contributed by atoms with Crippen LogP contribution in [0.3, 0.4) is 0 Å². The normalized spacial score (nSPS) is 10.5. The van der Waals surface area contributed by atoms with Crippen molar-refractivity contribution in [2.45, 2.75) is 0 Å². The van der Waals surface area contributed by atoms with Crippen LogP contribution >= 0.6 is 11.6 Å². The Morgan fingerprint density at radius 1 is 1.00 bits per heavy atom. The summed E-state index contributed by atoms with van der Waals surface area (Å²) in [6.07, 6.45) is 1.36. The second kappa shape index (κ2) is 9.45. The first-order valence-corrected chi connectivity index (χ1v) is 9.91. The predicted octanol–water partition coefficient (Wildman–Crippen LogP) is 3.97. The molecular formula is C22H16ClFN6O3. The van der Waals surface area contributed by atoms with Crippen molar-refractivity contribution >= 4 is 34.8 Å². The minimum Gasteiger partial charge on any atom is -0.496 e. The topological polar surface area (TPSA) is 111 Å².